The summed E-state index contributed by atoms with van der Waals surface area (Å²) in [6, 6.07) is 58.1. The van der Waals surface area contributed by atoms with Gasteiger partial charge in [0.2, 0.25) is 0 Å². The summed E-state index contributed by atoms with van der Waals surface area (Å²) in [5.74, 6) is 1.54. The van der Waals surface area contributed by atoms with Gasteiger partial charge in [0.25, 0.3) is 0 Å². The van der Waals surface area contributed by atoms with Crippen LogP contribution in [0.4, 0.5) is 11.4 Å². The van der Waals surface area contributed by atoms with Gasteiger partial charge in [0.05, 0.1) is 17.3 Å². The number of aromatic nitrogens is 1. The Bertz CT molecular complexity index is 2480. The van der Waals surface area contributed by atoms with E-state index in [9.17, 15) is 0 Å². The molecule has 6 aromatic carbocycles. The van der Waals surface area contributed by atoms with E-state index in [-0.39, 0.29) is 12.2 Å². The van der Waals surface area contributed by atoms with Crippen LogP contribution in [0.2, 0.25) is 0 Å². The minimum absolute atomic E-state index is 0.232. The smallest absolute Gasteiger partial charge is 0.159 e. The van der Waals surface area contributed by atoms with E-state index in [1.54, 1.807) is 0 Å². The Morgan fingerprint density at radius 3 is 2.08 bits per heavy atom. The van der Waals surface area contributed by atoms with Crippen LogP contribution in [-0.2, 0) is 6.42 Å². The zero-order valence-electron chi connectivity index (χ0n) is 27.3. The van der Waals surface area contributed by atoms with Crippen molar-refractivity contribution >= 4 is 45.6 Å². The Balaban J connectivity index is 1.08. The van der Waals surface area contributed by atoms with Crippen LogP contribution in [0.5, 0.6) is 0 Å². The molecule has 0 saturated carbocycles. The summed E-state index contributed by atoms with van der Waals surface area (Å²) >= 11 is 0. The van der Waals surface area contributed by atoms with Crippen LogP contribution in [-0.4, -0.2) is 22.3 Å². The van der Waals surface area contributed by atoms with E-state index in [1.807, 2.05) is 24.3 Å². The summed E-state index contributed by atoms with van der Waals surface area (Å²) < 4.78 is 2.43. The molecule has 3 heterocycles. The third-order valence-electron chi connectivity index (χ3n) is 10.2. The standard InChI is InChI=1S/C45H33N5/c1-4-14-30(15-5-1)43-46-44(31-16-6-2-7-17-31)48-45(47-43)32-24-26-34(27-25-32)50-40-23-13-11-21-36(40)38-28-41-37(29-42(38)50)35-20-10-12-22-39(35)49(41)33-18-8-3-9-19-33/h1-27,29,41,43H,28H2,(H,46,47,48). The highest BCUT2D eigenvalue weighted by Crippen LogP contribution is 2.50. The van der Waals surface area contributed by atoms with Crippen molar-refractivity contribution in [3.63, 3.8) is 0 Å². The van der Waals surface area contributed by atoms with Gasteiger partial charge in [-0.05, 0) is 71.3 Å². The second kappa shape index (κ2) is 11.6. The van der Waals surface area contributed by atoms with Crippen molar-refractivity contribution < 1.29 is 0 Å². The van der Waals surface area contributed by atoms with Gasteiger partial charge in [-0.1, -0.05) is 115 Å². The van der Waals surface area contributed by atoms with Gasteiger partial charge in [-0.2, -0.15) is 0 Å². The van der Waals surface area contributed by atoms with Gasteiger partial charge in [0.15, 0.2) is 5.84 Å². The number of fused-ring (bicyclic) bond motifs is 6. The first-order valence-electron chi connectivity index (χ1n) is 17.2. The first kappa shape index (κ1) is 28.5. The molecule has 2 atom stereocenters. The van der Waals surface area contributed by atoms with E-state index in [2.05, 4.69) is 160 Å². The molecule has 3 aliphatic rings. The summed E-state index contributed by atoms with van der Waals surface area (Å²) in [4.78, 5) is 12.7. The number of rotatable bonds is 5. The minimum Gasteiger partial charge on any atom is -0.344 e. The van der Waals surface area contributed by atoms with Gasteiger partial charge in [0.1, 0.15) is 12.0 Å². The van der Waals surface area contributed by atoms with Crippen LogP contribution in [0.25, 0.3) is 28.2 Å². The number of hydrogen-bond donors (Lipinski definition) is 1. The van der Waals surface area contributed by atoms with E-state index < -0.39 is 0 Å². The third-order valence-corrected chi connectivity index (χ3v) is 10.2. The zero-order valence-corrected chi connectivity index (χ0v) is 27.3. The summed E-state index contributed by atoms with van der Waals surface area (Å²) in [6.07, 6.45) is 3.14. The van der Waals surface area contributed by atoms with Crippen LogP contribution in [0.1, 0.15) is 39.7 Å². The molecule has 5 heteroatoms. The highest BCUT2D eigenvalue weighted by molar-refractivity contribution is 6.13. The molecule has 2 aliphatic heterocycles. The molecular weight excluding hydrogens is 611 g/mol. The molecule has 0 fully saturated rings. The van der Waals surface area contributed by atoms with E-state index in [0.717, 1.165) is 40.5 Å². The maximum atomic E-state index is 5.10. The van der Waals surface area contributed by atoms with Crippen molar-refractivity contribution in [2.24, 2.45) is 9.98 Å². The van der Waals surface area contributed by atoms with Crippen LogP contribution in [0, 0.1) is 0 Å². The molecule has 7 aromatic rings. The number of benzene rings is 6. The second-order valence-corrected chi connectivity index (χ2v) is 13.0. The quantitative estimate of drug-likeness (QED) is 0.203. The Hall–Kier alpha value is -6.46. The van der Waals surface area contributed by atoms with Crippen LogP contribution in [0.3, 0.4) is 0 Å². The van der Waals surface area contributed by atoms with Gasteiger partial charge in [-0.3, -0.25) is 0 Å². The third kappa shape index (κ3) is 4.62. The minimum atomic E-state index is -0.233. The van der Waals surface area contributed by atoms with Gasteiger partial charge >= 0.3 is 0 Å². The molecule has 2 unspecified atom stereocenters. The van der Waals surface area contributed by atoms with Crippen molar-refractivity contribution in [2.75, 3.05) is 4.90 Å². The molecule has 238 valence electrons. The van der Waals surface area contributed by atoms with Gasteiger partial charge < -0.3 is 14.8 Å². The van der Waals surface area contributed by atoms with Crippen molar-refractivity contribution in [1.29, 1.82) is 0 Å². The van der Waals surface area contributed by atoms with Gasteiger partial charge in [-0.15, -0.1) is 0 Å². The van der Waals surface area contributed by atoms with Crippen molar-refractivity contribution in [1.82, 2.24) is 9.88 Å². The van der Waals surface area contributed by atoms with Crippen LogP contribution < -0.4 is 10.2 Å². The van der Waals surface area contributed by atoms with E-state index in [0.29, 0.717) is 0 Å². The normalized spacial score (nSPS) is 17.6. The monoisotopic (exact) mass is 643 g/mol. The number of amidine groups is 2. The lowest BCUT2D eigenvalue weighted by Crippen LogP contribution is -2.33. The SMILES string of the molecule is C1=C2c3ccccc3N(c3ccccc3)C2Cc2c1n(-c1ccc(C3=NC(c4ccccc4)NC(c4ccccc4)=N3)cc1)c1ccccc21. The molecule has 5 nitrogen and oxygen atoms in total. The van der Waals surface area contributed by atoms with Crippen molar-refractivity contribution in [2.45, 2.75) is 18.6 Å². The zero-order chi connectivity index (χ0) is 33.0. The molecule has 0 saturated heterocycles. The number of para-hydroxylation sites is 3. The molecule has 1 aliphatic carbocycles. The van der Waals surface area contributed by atoms with Crippen molar-refractivity contribution in [3.05, 3.63) is 197 Å². The molecule has 10 rings (SSSR count). The number of hydrogen-bond acceptors (Lipinski definition) is 4. The lowest BCUT2D eigenvalue weighted by Gasteiger charge is -2.30. The van der Waals surface area contributed by atoms with E-state index in [1.165, 1.54) is 44.7 Å². The molecule has 50 heavy (non-hydrogen) atoms. The van der Waals surface area contributed by atoms with E-state index >= 15 is 0 Å². The topological polar surface area (TPSA) is 44.9 Å². The first-order valence-corrected chi connectivity index (χ1v) is 17.2. The Labute approximate surface area is 291 Å². The Kier molecular flexibility index (Phi) is 6.62. The number of nitrogens with one attached hydrogen (secondary N) is 1. The molecule has 1 aromatic heterocycles. The first-order chi connectivity index (χ1) is 24.8. The number of nitrogens with zero attached hydrogens (tertiary/aromatic N) is 4. The summed E-state index contributed by atoms with van der Waals surface area (Å²) in [7, 11) is 0. The van der Waals surface area contributed by atoms with Crippen LogP contribution >= 0.6 is 0 Å². The largest absolute Gasteiger partial charge is 0.344 e. The Morgan fingerprint density at radius 2 is 1.28 bits per heavy atom. The number of aliphatic imine (C=N–C) groups is 2. The predicted octanol–water partition coefficient (Wildman–Crippen LogP) is 9.74. The van der Waals surface area contributed by atoms with Gasteiger partial charge in [0, 0.05) is 45.6 Å². The summed E-state index contributed by atoms with van der Waals surface area (Å²) in [5, 5.41) is 4.86. The number of anilines is 2. The maximum Gasteiger partial charge on any atom is 0.159 e. The van der Waals surface area contributed by atoms with Crippen LogP contribution in [0.15, 0.2) is 174 Å². The summed E-state index contributed by atoms with van der Waals surface area (Å²) in [5.41, 5.74) is 13.3. The predicted molar refractivity (Wildman–Crippen MR) is 205 cm³/mol. The molecule has 0 radical (unpaired) electrons. The molecular formula is C45H33N5. The molecule has 0 bridgehead atoms. The molecule has 1 N–H and O–H groups in total. The summed E-state index contributed by atoms with van der Waals surface area (Å²) in [6.45, 7) is 0. The van der Waals surface area contributed by atoms with E-state index in [4.69, 9.17) is 9.98 Å². The Morgan fingerprint density at radius 1 is 0.600 bits per heavy atom. The average Bonchev–Trinajstić information content (AvgIpc) is 3.70. The molecule has 0 spiro atoms. The lowest BCUT2D eigenvalue weighted by molar-refractivity contribution is 0.674. The van der Waals surface area contributed by atoms with Crippen molar-refractivity contribution in [3.8, 4) is 5.69 Å². The fraction of sp³-hybridized carbons (Fsp3) is 0.0667. The maximum absolute atomic E-state index is 5.10. The average molecular weight is 644 g/mol. The van der Waals surface area contributed by atoms with Gasteiger partial charge in [-0.25, -0.2) is 9.98 Å². The highest BCUT2D eigenvalue weighted by atomic mass is 15.2. The highest BCUT2D eigenvalue weighted by Gasteiger charge is 2.39. The molecule has 0 amide bonds. The fourth-order valence-electron chi connectivity index (χ4n) is 7.90. The second-order valence-electron chi connectivity index (χ2n) is 13.0. The fourth-order valence-corrected chi connectivity index (χ4v) is 7.90. The lowest BCUT2D eigenvalue weighted by atomic mass is 9.89.